The molecular formula is C33H37N9Na2O12S2. The van der Waals surface area contributed by atoms with Crippen molar-refractivity contribution in [1.29, 1.82) is 0 Å². The van der Waals surface area contributed by atoms with Crippen molar-refractivity contribution in [1.82, 2.24) is 45.2 Å². The molecule has 0 unspecified atom stereocenters. The Kier molecular flexibility index (Phi) is 14.3. The molecule has 0 saturated carbocycles. The smallest absolute Gasteiger partial charge is 0.548 e. The van der Waals surface area contributed by atoms with Gasteiger partial charge in [-0.05, 0) is 33.3 Å². The topological polar surface area (TPSA) is 285 Å². The minimum Gasteiger partial charge on any atom is -0.548 e. The van der Waals surface area contributed by atoms with E-state index in [0.717, 1.165) is 9.80 Å². The van der Waals surface area contributed by atoms with Gasteiger partial charge in [0.15, 0.2) is 9.84 Å². The molecule has 7 rings (SSSR count). The maximum Gasteiger partial charge on any atom is 1.00 e. The number of aromatic nitrogens is 3. The summed E-state index contributed by atoms with van der Waals surface area (Å²) in [6.45, 7) is 6.68. The van der Waals surface area contributed by atoms with Gasteiger partial charge in [0.05, 0.1) is 43.2 Å². The molecule has 6 heterocycles. The Morgan fingerprint density at radius 1 is 0.948 bits per heavy atom. The van der Waals surface area contributed by atoms with Crippen LogP contribution in [0, 0.1) is 0 Å². The predicted molar refractivity (Wildman–Crippen MR) is 186 cm³/mol. The van der Waals surface area contributed by atoms with Crippen LogP contribution in [-0.4, -0.2) is 149 Å². The molecule has 7 atom stereocenters. The second-order valence-corrected chi connectivity index (χ2v) is 18.7. The van der Waals surface area contributed by atoms with Gasteiger partial charge in [-0.1, -0.05) is 35.5 Å². The Bertz CT molecular complexity index is 2110. The number of amides is 7. The van der Waals surface area contributed by atoms with Crippen LogP contribution >= 0.6 is 11.8 Å². The molecule has 7 amide bonds. The Hall–Kier alpha value is -3.58. The van der Waals surface area contributed by atoms with Gasteiger partial charge in [-0.15, -0.1) is 16.9 Å². The van der Waals surface area contributed by atoms with Gasteiger partial charge >= 0.3 is 77.0 Å². The van der Waals surface area contributed by atoms with Crippen LogP contribution < -0.4 is 80.0 Å². The van der Waals surface area contributed by atoms with E-state index in [-0.39, 0.29) is 85.2 Å². The second-order valence-electron chi connectivity index (χ2n) is 14.3. The van der Waals surface area contributed by atoms with Crippen molar-refractivity contribution in [2.75, 3.05) is 19.6 Å². The van der Waals surface area contributed by atoms with Crippen LogP contribution in [0.25, 0.3) is 0 Å². The molecule has 21 nitrogen and oxygen atoms in total. The summed E-state index contributed by atoms with van der Waals surface area (Å²) < 4.78 is 23.8. The number of urea groups is 1. The van der Waals surface area contributed by atoms with Crippen molar-refractivity contribution in [2.45, 2.75) is 85.1 Å². The maximum absolute atomic E-state index is 13.3. The molecule has 0 aliphatic carbocycles. The number of carbonyl (C=O) groups excluding carboxylic acids is 8. The zero-order valence-electron chi connectivity index (χ0n) is 32.4. The van der Waals surface area contributed by atoms with E-state index in [1.165, 1.54) is 45.6 Å². The first kappa shape index (κ1) is 47.1. The van der Waals surface area contributed by atoms with Gasteiger partial charge in [0, 0.05) is 30.6 Å². The maximum atomic E-state index is 13.3. The zero-order chi connectivity index (χ0) is 41.1. The number of nitrogens with one attached hydrogen (secondary N) is 2. The summed E-state index contributed by atoms with van der Waals surface area (Å²) in [5.74, 6) is -6.51. The molecule has 2 N–H and O–H groups in total. The van der Waals surface area contributed by atoms with Crippen LogP contribution in [-0.2, 0) is 49.9 Å². The van der Waals surface area contributed by atoms with Crippen molar-refractivity contribution >= 4 is 69.1 Å². The molecule has 25 heteroatoms. The number of β-lactam (4-membered cyclic amide) rings is 2. The third-order valence-corrected chi connectivity index (χ3v) is 14.9. The Morgan fingerprint density at radius 2 is 1.59 bits per heavy atom. The molecule has 5 saturated heterocycles. The molecule has 2 aromatic rings. The van der Waals surface area contributed by atoms with Crippen molar-refractivity contribution in [3.05, 3.63) is 48.3 Å². The Morgan fingerprint density at radius 3 is 2.14 bits per heavy atom. The molecule has 1 aromatic carbocycles. The van der Waals surface area contributed by atoms with Gasteiger partial charge in [0.1, 0.15) is 27.6 Å². The number of fused-ring (bicyclic) bond motifs is 2. The van der Waals surface area contributed by atoms with Crippen molar-refractivity contribution < 1.29 is 116 Å². The Balaban J connectivity index is 0.000000287. The molecule has 5 aliphatic heterocycles. The molecule has 300 valence electrons. The van der Waals surface area contributed by atoms with Gasteiger partial charge < -0.3 is 45.1 Å². The molecule has 0 spiro atoms. The summed E-state index contributed by atoms with van der Waals surface area (Å²) in [7, 11) is -3.84. The number of sulfone groups is 1. The summed E-state index contributed by atoms with van der Waals surface area (Å²) in [4.78, 5) is 102. The van der Waals surface area contributed by atoms with E-state index < -0.39 is 102 Å². The molecule has 0 radical (unpaired) electrons. The average Bonchev–Trinajstić information content (AvgIpc) is 3.78. The fourth-order valence-corrected chi connectivity index (χ4v) is 11.6. The van der Waals surface area contributed by atoms with Crippen LogP contribution in [0.4, 0.5) is 4.79 Å². The zero-order valence-corrected chi connectivity index (χ0v) is 38.0. The normalized spacial score (nSPS) is 27.9. The third kappa shape index (κ3) is 8.02. The van der Waals surface area contributed by atoms with Crippen LogP contribution in [0.2, 0.25) is 0 Å². The first-order valence-electron chi connectivity index (χ1n) is 17.3. The molecule has 5 fully saturated rings. The number of hydrogen-bond acceptors (Lipinski definition) is 15. The number of likely N-dealkylation sites (N-methyl/N-ethyl adjacent to an activating group) is 1. The summed E-state index contributed by atoms with van der Waals surface area (Å²) >= 11 is 1.24. The summed E-state index contributed by atoms with van der Waals surface area (Å²) in [5.41, 5.74) is 0.393. The monoisotopic (exact) mass is 861 g/mol. The predicted octanol–water partition coefficient (Wildman–Crippen LogP) is -10.4. The number of thioether (sulfide) groups is 1. The van der Waals surface area contributed by atoms with E-state index in [1.807, 2.05) is 0 Å². The third-order valence-electron chi connectivity index (χ3n) is 10.5. The number of rotatable bonds is 9. The number of piperazine rings is 1. The average molecular weight is 862 g/mol. The molecule has 5 aliphatic rings. The quantitative estimate of drug-likeness (QED) is 0.135. The van der Waals surface area contributed by atoms with Crippen molar-refractivity contribution in [3.63, 3.8) is 0 Å². The van der Waals surface area contributed by atoms with E-state index in [1.54, 1.807) is 51.1 Å². The number of carboxylic acid groups (broad SMARTS) is 2. The number of carboxylic acids is 2. The number of aliphatic carboxylic acids is 2. The number of hydrogen-bond donors (Lipinski definition) is 2. The number of nitrogens with zero attached hydrogens (tertiary/aromatic N) is 7. The van der Waals surface area contributed by atoms with Gasteiger partial charge in [-0.2, -0.15) is 0 Å². The minimum atomic E-state index is -3.84. The number of carbonyl (C=O) groups is 8. The SMILES string of the molecule is CCN1CCN(C(=O)N[C@@H](C(=O)N[C@@H]2C(=O)N3[C@@H]2SC(C)(C)[C@@H]3C(=O)[O-])c2ccccc2)C(=O)C1=O.C[C@]1(Cn2ccnn2)[C@H](C(=O)[O-])N2C(=O)C[C@H]2S1(=O)=O.[Na+].[Na+]. The van der Waals surface area contributed by atoms with E-state index >= 15 is 0 Å². The molecule has 1 aromatic heterocycles. The van der Waals surface area contributed by atoms with E-state index in [2.05, 4.69) is 20.9 Å². The first-order chi connectivity index (χ1) is 26.3. The fourth-order valence-electron chi connectivity index (χ4n) is 7.59. The largest absolute Gasteiger partial charge is 1.00 e. The van der Waals surface area contributed by atoms with Crippen LogP contribution in [0.5, 0.6) is 0 Å². The Labute approximate surface area is 380 Å². The van der Waals surface area contributed by atoms with E-state index in [4.69, 9.17) is 0 Å². The van der Waals surface area contributed by atoms with E-state index in [9.17, 15) is 57.0 Å². The summed E-state index contributed by atoms with van der Waals surface area (Å²) in [6.07, 6.45) is 2.61. The van der Waals surface area contributed by atoms with Gasteiger partial charge in [0.25, 0.3) is 0 Å². The standard InChI is InChI=1S/C23H27N5O7S.C10H12N4O5S.2Na/c1-4-26-10-11-27(19(32)18(26)31)22(35)25-13(12-8-6-5-7-9-12)16(29)24-14-17(30)28-15(21(33)34)23(2,3)36-20(14)28;1-10(5-13-3-2-11-12-13)8(9(16)17)14-6(15)4-7(14)20(10,18)19;;/h5-9,13-15,20H,4,10-11H2,1-3H3,(H,24,29)(H,25,35)(H,33,34);2-3,7-8H,4-5H2,1H3,(H,16,17);;/q;;2*+1/p-2/t13-,14-,15+,20-;7-,8+,10+;;/m11../s1. The summed E-state index contributed by atoms with van der Waals surface area (Å²) in [6, 6.07) is 2.40. The van der Waals surface area contributed by atoms with Gasteiger partial charge in [-0.25, -0.2) is 13.2 Å². The molecular weight excluding hydrogens is 825 g/mol. The number of imide groups is 1. The fraction of sp³-hybridized carbons (Fsp3) is 0.515. The second kappa shape index (κ2) is 17.6. The molecule has 58 heavy (non-hydrogen) atoms. The van der Waals surface area contributed by atoms with E-state index in [0.29, 0.717) is 12.1 Å². The molecule has 0 bridgehead atoms. The number of benzene rings is 1. The van der Waals surface area contributed by atoms with Crippen LogP contribution in [0.1, 0.15) is 45.7 Å². The van der Waals surface area contributed by atoms with Crippen molar-refractivity contribution in [2.24, 2.45) is 0 Å². The minimum absolute atomic E-state index is 0. The van der Waals surface area contributed by atoms with Crippen LogP contribution in [0.15, 0.2) is 42.7 Å². The van der Waals surface area contributed by atoms with Crippen molar-refractivity contribution in [3.8, 4) is 0 Å². The van der Waals surface area contributed by atoms with Gasteiger partial charge in [-0.3, -0.25) is 33.6 Å². The van der Waals surface area contributed by atoms with Crippen LogP contribution in [0.3, 0.4) is 0 Å². The summed E-state index contributed by atoms with van der Waals surface area (Å²) in [5, 5.41) is 33.6. The first-order valence-corrected chi connectivity index (χ1v) is 19.8. The van der Waals surface area contributed by atoms with Gasteiger partial charge in [0.2, 0.25) is 17.7 Å².